The summed E-state index contributed by atoms with van der Waals surface area (Å²) >= 11 is 0. The summed E-state index contributed by atoms with van der Waals surface area (Å²) in [6, 6.07) is 4.14. The van der Waals surface area contributed by atoms with Gasteiger partial charge in [0.05, 0.1) is 13.5 Å². The van der Waals surface area contributed by atoms with Crippen LogP contribution in [0.1, 0.15) is 33.1 Å². The largest absolute Gasteiger partial charge is 0.493 e. The van der Waals surface area contributed by atoms with E-state index in [0.717, 1.165) is 0 Å². The lowest BCUT2D eigenvalue weighted by molar-refractivity contribution is -0.145. The van der Waals surface area contributed by atoms with E-state index in [-0.39, 0.29) is 42.8 Å². The van der Waals surface area contributed by atoms with E-state index < -0.39 is 24.3 Å². The number of carbonyl (C=O) groups excluding carboxylic acids is 2. The molecule has 0 aliphatic carbocycles. The molecule has 0 fully saturated rings. The molecule has 0 bridgehead atoms. The molecule has 0 radical (unpaired) electrons. The first-order chi connectivity index (χ1) is 14.6. The molecule has 0 spiro atoms. The van der Waals surface area contributed by atoms with E-state index in [1.807, 2.05) is 0 Å². The van der Waals surface area contributed by atoms with Gasteiger partial charge in [0, 0.05) is 12.1 Å². The number of amides is 1. The number of ether oxygens (including phenoxy) is 4. The van der Waals surface area contributed by atoms with Gasteiger partial charge in [-0.25, -0.2) is 4.79 Å². The highest BCUT2D eigenvalue weighted by Gasteiger charge is 2.17. The van der Waals surface area contributed by atoms with Gasteiger partial charge in [0.2, 0.25) is 5.82 Å². The zero-order valence-corrected chi connectivity index (χ0v) is 17.4. The predicted molar refractivity (Wildman–Crippen MR) is 102 cm³/mol. The summed E-state index contributed by atoms with van der Waals surface area (Å²) in [5, 5.41) is 6.19. The molecule has 10 nitrogen and oxygen atoms in total. The number of carbonyl (C=O) groups is 2. The van der Waals surface area contributed by atoms with Crippen LogP contribution < -0.4 is 14.8 Å². The highest BCUT2D eigenvalue weighted by molar-refractivity contribution is 5.72. The van der Waals surface area contributed by atoms with Crippen LogP contribution in [0.25, 0.3) is 11.4 Å². The lowest BCUT2D eigenvalue weighted by atomic mass is 10.2. The third-order valence-corrected chi connectivity index (χ3v) is 3.46. The first-order valence-electron chi connectivity index (χ1n) is 9.15. The Morgan fingerprint density at radius 3 is 2.61 bits per heavy atom. The van der Waals surface area contributed by atoms with E-state index in [9.17, 15) is 18.4 Å². The second-order valence-electron chi connectivity index (χ2n) is 7.10. The van der Waals surface area contributed by atoms with Crippen LogP contribution in [0.15, 0.2) is 22.7 Å². The Balaban J connectivity index is 1.85. The number of halogens is 2. The summed E-state index contributed by atoms with van der Waals surface area (Å²) in [5.74, 6) is -0.507. The standard InChI is InChI=1S/C19H23F2N3O7/c1-19(2,3)30-18(26)22-8-7-15(25)28-10-14-23-16(24-31-14)11-5-6-12(29-17(20)21)13(9-11)27-4/h5-6,9,17H,7-8,10H2,1-4H3,(H,22,26). The van der Waals surface area contributed by atoms with Crippen LogP contribution in [0.3, 0.4) is 0 Å². The quantitative estimate of drug-likeness (QED) is 0.582. The maximum Gasteiger partial charge on any atom is 0.407 e. The number of hydrogen-bond acceptors (Lipinski definition) is 9. The summed E-state index contributed by atoms with van der Waals surface area (Å²) < 4.78 is 49.3. The number of rotatable bonds is 9. The van der Waals surface area contributed by atoms with Gasteiger partial charge in [0.1, 0.15) is 5.60 Å². The summed E-state index contributed by atoms with van der Waals surface area (Å²) in [4.78, 5) is 27.4. The molecule has 1 aromatic heterocycles. The molecular weight excluding hydrogens is 420 g/mol. The fourth-order valence-electron chi connectivity index (χ4n) is 2.23. The van der Waals surface area contributed by atoms with E-state index in [0.29, 0.717) is 5.56 Å². The Hall–Kier alpha value is -3.44. The highest BCUT2D eigenvalue weighted by atomic mass is 19.3. The third kappa shape index (κ3) is 8.07. The molecule has 1 heterocycles. The smallest absolute Gasteiger partial charge is 0.407 e. The Kier molecular flexibility index (Phi) is 8.11. The van der Waals surface area contributed by atoms with Gasteiger partial charge in [-0.2, -0.15) is 13.8 Å². The maximum atomic E-state index is 12.4. The van der Waals surface area contributed by atoms with Gasteiger partial charge in [0.15, 0.2) is 18.1 Å². The number of benzene rings is 1. The second kappa shape index (κ2) is 10.5. The number of alkyl carbamates (subject to hydrolysis) is 1. The molecule has 170 valence electrons. The van der Waals surface area contributed by atoms with Crippen molar-refractivity contribution in [1.82, 2.24) is 15.5 Å². The van der Waals surface area contributed by atoms with Gasteiger partial charge >= 0.3 is 18.7 Å². The fourth-order valence-corrected chi connectivity index (χ4v) is 2.23. The van der Waals surface area contributed by atoms with Gasteiger partial charge in [-0.1, -0.05) is 5.16 Å². The molecule has 1 amide bonds. The van der Waals surface area contributed by atoms with Gasteiger partial charge in [-0.3, -0.25) is 4.79 Å². The van der Waals surface area contributed by atoms with Crippen LogP contribution in [0, 0.1) is 0 Å². The summed E-state index contributed by atoms with van der Waals surface area (Å²) in [6.07, 6.45) is -0.717. The van der Waals surface area contributed by atoms with Gasteiger partial charge in [-0.15, -0.1) is 0 Å². The first kappa shape index (κ1) is 23.8. The van der Waals surface area contributed by atoms with Crippen LogP contribution in [-0.2, 0) is 20.9 Å². The lowest BCUT2D eigenvalue weighted by Crippen LogP contribution is -2.33. The van der Waals surface area contributed by atoms with E-state index in [4.69, 9.17) is 18.7 Å². The van der Waals surface area contributed by atoms with Crippen molar-refractivity contribution in [3.8, 4) is 22.9 Å². The molecule has 0 saturated heterocycles. The molecule has 31 heavy (non-hydrogen) atoms. The minimum Gasteiger partial charge on any atom is -0.493 e. The van der Waals surface area contributed by atoms with Crippen molar-refractivity contribution in [2.75, 3.05) is 13.7 Å². The predicted octanol–water partition coefficient (Wildman–Crippen LogP) is 3.30. The zero-order chi connectivity index (χ0) is 23.0. The van der Waals surface area contributed by atoms with Crippen LogP contribution in [0.5, 0.6) is 11.5 Å². The van der Waals surface area contributed by atoms with Crippen molar-refractivity contribution < 1.29 is 41.8 Å². The van der Waals surface area contributed by atoms with Crippen LogP contribution >= 0.6 is 0 Å². The first-order valence-corrected chi connectivity index (χ1v) is 9.15. The van der Waals surface area contributed by atoms with Gasteiger partial charge < -0.3 is 28.8 Å². The Bertz CT molecular complexity index is 897. The Morgan fingerprint density at radius 1 is 1.23 bits per heavy atom. The molecule has 0 aliphatic heterocycles. The molecule has 1 aromatic carbocycles. The van der Waals surface area contributed by atoms with Gasteiger partial charge in [0.25, 0.3) is 5.89 Å². The topological polar surface area (TPSA) is 122 Å². The average Bonchev–Trinajstić information content (AvgIpc) is 3.14. The van der Waals surface area contributed by atoms with Crippen molar-refractivity contribution in [1.29, 1.82) is 0 Å². The van der Waals surface area contributed by atoms with Gasteiger partial charge in [-0.05, 0) is 39.0 Å². The maximum absolute atomic E-state index is 12.4. The molecule has 2 rings (SSSR count). The molecule has 1 N–H and O–H groups in total. The molecule has 2 aromatic rings. The summed E-state index contributed by atoms with van der Waals surface area (Å²) in [6.45, 7) is 1.94. The fraction of sp³-hybridized carbons (Fsp3) is 0.474. The van der Waals surface area contributed by atoms with Crippen molar-refractivity contribution >= 4 is 12.1 Å². The van der Waals surface area contributed by atoms with Crippen molar-refractivity contribution in [3.63, 3.8) is 0 Å². The molecule has 12 heteroatoms. The third-order valence-electron chi connectivity index (χ3n) is 3.46. The monoisotopic (exact) mass is 443 g/mol. The van der Waals surface area contributed by atoms with E-state index >= 15 is 0 Å². The van der Waals surface area contributed by atoms with Crippen LogP contribution in [-0.4, -0.2) is 48.1 Å². The number of esters is 1. The highest BCUT2D eigenvalue weighted by Crippen LogP contribution is 2.32. The minimum atomic E-state index is -2.99. The molecular formula is C19H23F2N3O7. The number of aromatic nitrogens is 2. The normalized spacial score (nSPS) is 11.2. The van der Waals surface area contributed by atoms with Crippen molar-refractivity contribution in [2.24, 2.45) is 0 Å². The number of nitrogens with one attached hydrogen (secondary N) is 1. The number of nitrogens with zero attached hydrogens (tertiary/aromatic N) is 2. The van der Waals surface area contributed by atoms with Crippen LogP contribution in [0.2, 0.25) is 0 Å². The zero-order valence-electron chi connectivity index (χ0n) is 17.4. The molecule has 0 unspecified atom stereocenters. The Labute approximate surface area is 176 Å². The van der Waals surface area contributed by atoms with Crippen molar-refractivity contribution in [2.45, 2.75) is 46.0 Å². The number of alkyl halides is 2. The molecule has 0 atom stereocenters. The summed E-state index contributed by atoms with van der Waals surface area (Å²) in [5.41, 5.74) is -0.220. The van der Waals surface area contributed by atoms with E-state index in [1.54, 1.807) is 20.8 Å². The SMILES string of the molecule is COc1cc(-c2noc(COC(=O)CCNC(=O)OC(C)(C)C)n2)ccc1OC(F)F. The molecule has 0 saturated carbocycles. The van der Waals surface area contributed by atoms with E-state index in [1.165, 1.54) is 25.3 Å². The van der Waals surface area contributed by atoms with E-state index in [2.05, 4.69) is 20.2 Å². The molecule has 0 aliphatic rings. The lowest BCUT2D eigenvalue weighted by Gasteiger charge is -2.19. The van der Waals surface area contributed by atoms with Crippen LogP contribution in [0.4, 0.5) is 13.6 Å². The average molecular weight is 443 g/mol. The number of methoxy groups -OCH3 is 1. The second-order valence-corrected chi connectivity index (χ2v) is 7.10. The van der Waals surface area contributed by atoms with Crippen molar-refractivity contribution in [3.05, 3.63) is 24.1 Å². The Morgan fingerprint density at radius 2 is 1.97 bits per heavy atom. The minimum absolute atomic E-state index is 0.0234. The number of hydrogen-bond donors (Lipinski definition) is 1. The summed E-state index contributed by atoms with van der Waals surface area (Å²) in [7, 11) is 1.30.